The highest BCUT2D eigenvalue weighted by molar-refractivity contribution is 5.93. The Bertz CT molecular complexity index is 1010. The lowest BCUT2D eigenvalue weighted by molar-refractivity contribution is 0.0332. The lowest BCUT2D eigenvalue weighted by Crippen LogP contribution is -2.43. The molecule has 1 N–H and O–H groups in total. The van der Waals surface area contributed by atoms with E-state index < -0.39 is 0 Å². The SMILES string of the molecule is O=C(NC(CN1CCOCC1)c1ccccc1)c1cc(C2CC2)nn1-c1ccccc1. The Kier molecular flexibility index (Phi) is 5.82. The number of nitrogens with one attached hydrogen (secondary N) is 1. The molecule has 2 heterocycles. The molecule has 6 heteroatoms. The third-order valence-corrected chi connectivity index (χ3v) is 6.01. The summed E-state index contributed by atoms with van der Waals surface area (Å²) in [5.41, 5.74) is 3.62. The van der Waals surface area contributed by atoms with Gasteiger partial charge in [0.2, 0.25) is 0 Å². The first-order valence-electron chi connectivity index (χ1n) is 11.1. The largest absolute Gasteiger partial charge is 0.379 e. The summed E-state index contributed by atoms with van der Waals surface area (Å²) in [7, 11) is 0. The van der Waals surface area contributed by atoms with Gasteiger partial charge in [0.15, 0.2) is 0 Å². The van der Waals surface area contributed by atoms with Crippen molar-refractivity contribution < 1.29 is 9.53 Å². The second kappa shape index (κ2) is 9.04. The number of hydrogen-bond acceptors (Lipinski definition) is 4. The summed E-state index contributed by atoms with van der Waals surface area (Å²) in [4.78, 5) is 15.9. The maximum absolute atomic E-state index is 13.5. The lowest BCUT2D eigenvalue weighted by Gasteiger charge is -2.31. The van der Waals surface area contributed by atoms with Gasteiger partial charge in [-0.05, 0) is 36.6 Å². The first kappa shape index (κ1) is 20.0. The van der Waals surface area contributed by atoms with Gasteiger partial charge in [-0.1, -0.05) is 48.5 Å². The first-order valence-corrected chi connectivity index (χ1v) is 11.1. The zero-order valence-electron chi connectivity index (χ0n) is 17.6. The summed E-state index contributed by atoms with van der Waals surface area (Å²) >= 11 is 0. The van der Waals surface area contributed by atoms with E-state index in [-0.39, 0.29) is 11.9 Å². The molecular weight excluding hydrogens is 388 g/mol. The van der Waals surface area contributed by atoms with Crippen LogP contribution >= 0.6 is 0 Å². The monoisotopic (exact) mass is 416 g/mol. The number of morpholine rings is 1. The minimum Gasteiger partial charge on any atom is -0.379 e. The molecule has 1 atom stereocenters. The first-order chi connectivity index (χ1) is 15.3. The molecule has 1 aliphatic heterocycles. The second-order valence-corrected chi connectivity index (χ2v) is 8.33. The molecule has 0 spiro atoms. The number of benzene rings is 2. The maximum atomic E-state index is 13.5. The van der Waals surface area contributed by atoms with Gasteiger partial charge in [-0.25, -0.2) is 4.68 Å². The van der Waals surface area contributed by atoms with Crippen LogP contribution in [0.15, 0.2) is 66.7 Å². The summed E-state index contributed by atoms with van der Waals surface area (Å²) in [6, 6.07) is 22.0. The van der Waals surface area contributed by atoms with E-state index in [2.05, 4.69) is 22.3 Å². The highest BCUT2D eigenvalue weighted by atomic mass is 16.5. The average molecular weight is 417 g/mol. The van der Waals surface area contributed by atoms with Gasteiger partial charge in [0.1, 0.15) is 5.69 Å². The Hall–Kier alpha value is -2.96. The van der Waals surface area contributed by atoms with Crippen molar-refractivity contribution in [1.82, 2.24) is 20.0 Å². The number of carbonyl (C=O) groups is 1. The fourth-order valence-corrected chi connectivity index (χ4v) is 4.10. The van der Waals surface area contributed by atoms with E-state index in [1.54, 1.807) is 4.68 Å². The van der Waals surface area contributed by atoms with Gasteiger partial charge >= 0.3 is 0 Å². The highest BCUT2D eigenvalue weighted by Gasteiger charge is 2.30. The molecule has 2 aliphatic rings. The number of nitrogens with zero attached hydrogens (tertiary/aromatic N) is 3. The van der Waals surface area contributed by atoms with E-state index in [0.29, 0.717) is 11.6 Å². The van der Waals surface area contributed by atoms with Crippen LogP contribution in [0.25, 0.3) is 5.69 Å². The van der Waals surface area contributed by atoms with Crippen molar-refractivity contribution in [2.75, 3.05) is 32.8 Å². The third-order valence-electron chi connectivity index (χ3n) is 6.01. The number of aromatic nitrogens is 2. The molecule has 6 nitrogen and oxygen atoms in total. The number of amides is 1. The topological polar surface area (TPSA) is 59.4 Å². The van der Waals surface area contributed by atoms with Crippen molar-refractivity contribution in [2.45, 2.75) is 24.8 Å². The van der Waals surface area contributed by atoms with Gasteiger partial charge in [-0.15, -0.1) is 0 Å². The van der Waals surface area contributed by atoms with E-state index in [4.69, 9.17) is 9.84 Å². The van der Waals surface area contributed by atoms with Crippen LogP contribution in [0.4, 0.5) is 0 Å². The highest BCUT2D eigenvalue weighted by Crippen LogP contribution is 2.39. The number of hydrogen-bond donors (Lipinski definition) is 1. The van der Waals surface area contributed by atoms with Crippen LogP contribution in [0.5, 0.6) is 0 Å². The lowest BCUT2D eigenvalue weighted by atomic mass is 10.1. The molecule has 2 aromatic carbocycles. The molecule has 1 aromatic heterocycles. The van der Waals surface area contributed by atoms with Crippen molar-refractivity contribution in [2.24, 2.45) is 0 Å². The molecule has 2 fully saturated rings. The number of carbonyl (C=O) groups excluding carboxylic acids is 1. The van der Waals surface area contributed by atoms with Gasteiger partial charge in [-0.2, -0.15) is 5.10 Å². The van der Waals surface area contributed by atoms with Crippen LogP contribution in [0.1, 0.15) is 46.5 Å². The fraction of sp³-hybridized carbons (Fsp3) is 0.360. The molecule has 1 amide bonds. The standard InChI is InChI=1S/C25H28N4O2/c30-25(24-17-22(20-11-12-20)27-29(24)21-9-5-2-6-10-21)26-23(19-7-3-1-4-8-19)18-28-13-15-31-16-14-28/h1-10,17,20,23H,11-16,18H2,(H,26,30). The Morgan fingerprint density at radius 3 is 2.39 bits per heavy atom. The predicted molar refractivity (Wildman–Crippen MR) is 119 cm³/mol. The van der Waals surface area contributed by atoms with Crippen molar-refractivity contribution in [3.8, 4) is 5.69 Å². The summed E-state index contributed by atoms with van der Waals surface area (Å²) in [6.45, 7) is 4.00. The van der Waals surface area contributed by atoms with Crippen LogP contribution in [-0.2, 0) is 4.74 Å². The molecule has 3 aromatic rings. The van der Waals surface area contributed by atoms with Crippen molar-refractivity contribution in [3.05, 3.63) is 83.7 Å². The number of rotatable bonds is 7. The molecular formula is C25H28N4O2. The second-order valence-electron chi connectivity index (χ2n) is 8.33. The molecule has 31 heavy (non-hydrogen) atoms. The Morgan fingerprint density at radius 1 is 1.03 bits per heavy atom. The Labute approximate surface area is 182 Å². The van der Waals surface area contributed by atoms with E-state index in [1.807, 2.05) is 54.6 Å². The maximum Gasteiger partial charge on any atom is 0.270 e. The molecule has 1 saturated heterocycles. The quantitative estimate of drug-likeness (QED) is 0.640. The summed E-state index contributed by atoms with van der Waals surface area (Å²) < 4.78 is 7.28. The van der Waals surface area contributed by atoms with Gasteiger partial charge in [0, 0.05) is 25.6 Å². The van der Waals surface area contributed by atoms with E-state index >= 15 is 0 Å². The minimum absolute atomic E-state index is 0.0923. The van der Waals surface area contributed by atoms with E-state index in [1.165, 1.54) is 0 Å². The minimum atomic E-state index is -0.102. The fourth-order valence-electron chi connectivity index (χ4n) is 4.10. The molecule has 5 rings (SSSR count). The molecule has 0 radical (unpaired) electrons. The third kappa shape index (κ3) is 4.70. The zero-order chi connectivity index (χ0) is 21.0. The van der Waals surface area contributed by atoms with E-state index in [9.17, 15) is 4.79 Å². The molecule has 1 unspecified atom stereocenters. The normalized spacial score (nSPS) is 17.9. The van der Waals surface area contributed by atoms with Gasteiger partial charge in [0.25, 0.3) is 5.91 Å². The summed E-state index contributed by atoms with van der Waals surface area (Å²) in [5.74, 6) is 0.389. The molecule has 1 aliphatic carbocycles. The van der Waals surface area contributed by atoms with Crippen LogP contribution in [0.2, 0.25) is 0 Å². The Morgan fingerprint density at radius 2 is 1.71 bits per heavy atom. The van der Waals surface area contributed by atoms with Gasteiger partial charge < -0.3 is 10.1 Å². The van der Waals surface area contributed by atoms with Gasteiger partial charge in [0.05, 0.1) is 30.6 Å². The van der Waals surface area contributed by atoms with Gasteiger partial charge in [-0.3, -0.25) is 9.69 Å². The number of ether oxygens (including phenoxy) is 1. The van der Waals surface area contributed by atoms with Crippen molar-refractivity contribution in [1.29, 1.82) is 0 Å². The summed E-state index contributed by atoms with van der Waals surface area (Å²) in [5, 5.41) is 8.09. The van der Waals surface area contributed by atoms with Crippen LogP contribution in [0, 0.1) is 0 Å². The zero-order valence-corrected chi connectivity index (χ0v) is 17.6. The van der Waals surface area contributed by atoms with Crippen molar-refractivity contribution >= 4 is 5.91 Å². The van der Waals surface area contributed by atoms with Crippen LogP contribution in [0.3, 0.4) is 0 Å². The summed E-state index contributed by atoms with van der Waals surface area (Å²) in [6.07, 6.45) is 2.30. The Balaban J connectivity index is 1.42. The van der Waals surface area contributed by atoms with Crippen molar-refractivity contribution in [3.63, 3.8) is 0 Å². The van der Waals surface area contributed by atoms with Crippen LogP contribution in [-0.4, -0.2) is 53.4 Å². The van der Waals surface area contributed by atoms with E-state index in [0.717, 1.165) is 62.6 Å². The number of para-hydroxylation sites is 1. The smallest absolute Gasteiger partial charge is 0.270 e. The van der Waals surface area contributed by atoms with Crippen LogP contribution < -0.4 is 5.32 Å². The average Bonchev–Trinajstić information content (AvgIpc) is 3.58. The predicted octanol–water partition coefficient (Wildman–Crippen LogP) is 3.55. The molecule has 1 saturated carbocycles. The molecule has 160 valence electrons. The molecule has 0 bridgehead atoms.